The Morgan fingerprint density at radius 3 is 2.55 bits per heavy atom. The van der Waals surface area contributed by atoms with Gasteiger partial charge in [-0.05, 0) is 30.7 Å². The molecule has 0 heterocycles. The number of nitrogens with one attached hydrogen (secondary N) is 1. The molecule has 1 atom stereocenters. The molecule has 0 aliphatic rings. The van der Waals surface area contributed by atoms with Gasteiger partial charge >= 0.3 is 0 Å². The SMILES string of the molecule is CC(CO)(Nc1ccc(Br)cc1C#N)c1ccccc1. The first-order valence-electron chi connectivity index (χ1n) is 6.23. The molecule has 0 aliphatic heterocycles. The maximum absolute atomic E-state index is 9.76. The summed E-state index contributed by atoms with van der Waals surface area (Å²) in [5.74, 6) is 0. The lowest BCUT2D eigenvalue weighted by molar-refractivity contribution is 0.224. The van der Waals surface area contributed by atoms with E-state index in [1.165, 1.54) is 0 Å². The van der Waals surface area contributed by atoms with Crippen molar-refractivity contribution in [1.29, 1.82) is 5.26 Å². The van der Waals surface area contributed by atoms with Crippen LogP contribution in [-0.4, -0.2) is 11.7 Å². The predicted molar refractivity (Wildman–Crippen MR) is 83.4 cm³/mol. The van der Waals surface area contributed by atoms with E-state index < -0.39 is 5.54 Å². The van der Waals surface area contributed by atoms with Gasteiger partial charge in [-0.2, -0.15) is 5.26 Å². The monoisotopic (exact) mass is 330 g/mol. The van der Waals surface area contributed by atoms with Crippen LogP contribution >= 0.6 is 15.9 Å². The van der Waals surface area contributed by atoms with Crippen LogP contribution in [0.5, 0.6) is 0 Å². The van der Waals surface area contributed by atoms with Crippen LogP contribution in [0.15, 0.2) is 53.0 Å². The van der Waals surface area contributed by atoms with Gasteiger partial charge in [-0.3, -0.25) is 0 Å². The number of nitrogens with zero attached hydrogens (tertiary/aromatic N) is 1. The summed E-state index contributed by atoms with van der Waals surface area (Å²) in [7, 11) is 0. The van der Waals surface area contributed by atoms with Gasteiger partial charge in [0.25, 0.3) is 0 Å². The minimum absolute atomic E-state index is 0.0715. The molecule has 2 rings (SSSR count). The Morgan fingerprint density at radius 2 is 1.95 bits per heavy atom. The summed E-state index contributed by atoms with van der Waals surface area (Å²) in [4.78, 5) is 0. The lowest BCUT2D eigenvalue weighted by Gasteiger charge is -2.31. The molecule has 3 nitrogen and oxygen atoms in total. The Balaban J connectivity index is 2.39. The van der Waals surface area contributed by atoms with E-state index in [2.05, 4.69) is 27.3 Å². The van der Waals surface area contributed by atoms with Gasteiger partial charge < -0.3 is 10.4 Å². The maximum atomic E-state index is 9.76. The summed E-state index contributed by atoms with van der Waals surface area (Å²) in [6.45, 7) is 1.84. The molecule has 0 radical (unpaired) electrons. The molecule has 0 fully saturated rings. The summed E-state index contributed by atoms with van der Waals surface area (Å²) >= 11 is 3.35. The van der Waals surface area contributed by atoms with Gasteiger partial charge in [0, 0.05) is 4.47 Å². The van der Waals surface area contributed by atoms with Crippen LogP contribution in [0, 0.1) is 11.3 Å². The van der Waals surface area contributed by atoms with Gasteiger partial charge in [0.2, 0.25) is 0 Å². The Labute approximate surface area is 127 Å². The molecular formula is C16H15BrN2O. The molecule has 2 aromatic carbocycles. The molecule has 0 saturated heterocycles. The molecule has 0 saturated carbocycles. The third kappa shape index (κ3) is 3.01. The molecule has 1 unspecified atom stereocenters. The first-order valence-corrected chi connectivity index (χ1v) is 7.02. The molecule has 2 N–H and O–H groups in total. The van der Waals surface area contributed by atoms with Crippen molar-refractivity contribution in [2.75, 3.05) is 11.9 Å². The van der Waals surface area contributed by atoms with E-state index in [1.807, 2.05) is 49.4 Å². The van der Waals surface area contributed by atoms with Gasteiger partial charge in [0.1, 0.15) is 6.07 Å². The van der Waals surface area contributed by atoms with Gasteiger partial charge in [-0.1, -0.05) is 46.3 Å². The lowest BCUT2D eigenvalue weighted by Crippen LogP contribution is -2.36. The number of nitriles is 1. The number of aliphatic hydroxyl groups is 1. The fourth-order valence-corrected chi connectivity index (χ4v) is 2.39. The van der Waals surface area contributed by atoms with Crippen LogP contribution in [-0.2, 0) is 5.54 Å². The minimum atomic E-state index is -0.638. The Kier molecular flexibility index (Phi) is 4.43. The van der Waals surface area contributed by atoms with Crippen molar-refractivity contribution >= 4 is 21.6 Å². The molecule has 102 valence electrons. The molecule has 0 amide bonds. The van der Waals surface area contributed by atoms with E-state index in [0.29, 0.717) is 11.3 Å². The van der Waals surface area contributed by atoms with Crippen molar-refractivity contribution in [2.24, 2.45) is 0 Å². The largest absolute Gasteiger partial charge is 0.394 e. The van der Waals surface area contributed by atoms with Crippen LogP contribution in [0.3, 0.4) is 0 Å². The average Bonchev–Trinajstić information content (AvgIpc) is 2.49. The fraction of sp³-hybridized carbons (Fsp3) is 0.188. The Bertz CT molecular complexity index is 637. The predicted octanol–water partition coefficient (Wildman–Crippen LogP) is 3.64. The first kappa shape index (κ1) is 14.6. The maximum Gasteiger partial charge on any atom is 0.101 e. The number of aliphatic hydroxyl groups excluding tert-OH is 1. The second-order valence-corrected chi connectivity index (χ2v) is 5.70. The number of rotatable bonds is 4. The third-order valence-corrected chi connectivity index (χ3v) is 3.73. The number of hydrogen-bond donors (Lipinski definition) is 2. The number of benzene rings is 2. The zero-order chi connectivity index (χ0) is 14.6. The average molecular weight is 331 g/mol. The second-order valence-electron chi connectivity index (χ2n) is 4.78. The van der Waals surface area contributed by atoms with Crippen molar-refractivity contribution in [3.8, 4) is 6.07 Å². The standard InChI is InChI=1S/C16H15BrN2O/c1-16(11-20,13-5-3-2-4-6-13)19-15-8-7-14(17)9-12(15)10-18/h2-9,19-20H,11H2,1H3. The second kappa shape index (κ2) is 6.08. The normalized spacial score (nSPS) is 13.3. The van der Waals surface area contributed by atoms with Crippen LogP contribution in [0.1, 0.15) is 18.1 Å². The Hall–Kier alpha value is -1.83. The molecule has 0 spiro atoms. The minimum Gasteiger partial charge on any atom is -0.394 e. The van der Waals surface area contributed by atoms with E-state index in [-0.39, 0.29) is 6.61 Å². The van der Waals surface area contributed by atoms with Crippen molar-refractivity contribution in [2.45, 2.75) is 12.5 Å². The molecule has 0 bridgehead atoms. The summed E-state index contributed by atoms with van der Waals surface area (Å²) in [5, 5.41) is 22.2. The van der Waals surface area contributed by atoms with Crippen LogP contribution in [0.25, 0.3) is 0 Å². The van der Waals surface area contributed by atoms with Crippen molar-refractivity contribution in [3.63, 3.8) is 0 Å². The van der Waals surface area contributed by atoms with E-state index in [4.69, 9.17) is 0 Å². The van der Waals surface area contributed by atoms with E-state index in [1.54, 1.807) is 6.07 Å². The summed E-state index contributed by atoms with van der Waals surface area (Å²) in [6, 6.07) is 17.3. The van der Waals surface area contributed by atoms with Crippen molar-refractivity contribution < 1.29 is 5.11 Å². The highest BCUT2D eigenvalue weighted by Gasteiger charge is 2.26. The van der Waals surface area contributed by atoms with Gasteiger partial charge in [-0.25, -0.2) is 0 Å². The quantitative estimate of drug-likeness (QED) is 0.899. The first-order chi connectivity index (χ1) is 9.59. The zero-order valence-corrected chi connectivity index (χ0v) is 12.7. The number of halogens is 1. The van der Waals surface area contributed by atoms with E-state index >= 15 is 0 Å². The fourth-order valence-electron chi connectivity index (χ4n) is 2.02. The van der Waals surface area contributed by atoms with Crippen LogP contribution in [0.4, 0.5) is 5.69 Å². The van der Waals surface area contributed by atoms with Crippen molar-refractivity contribution in [1.82, 2.24) is 0 Å². The number of anilines is 1. The molecule has 0 aromatic heterocycles. The highest BCUT2D eigenvalue weighted by Crippen LogP contribution is 2.29. The molecular weight excluding hydrogens is 316 g/mol. The zero-order valence-electron chi connectivity index (χ0n) is 11.1. The topological polar surface area (TPSA) is 56.0 Å². The van der Waals surface area contributed by atoms with Gasteiger partial charge in [0.05, 0.1) is 23.4 Å². The summed E-state index contributed by atoms with van der Waals surface area (Å²) in [5.41, 5.74) is 1.57. The third-order valence-electron chi connectivity index (χ3n) is 3.24. The Morgan fingerprint density at radius 1 is 1.25 bits per heavy atom. The summed E-state index contributed by atoms with van der Waals surface area (Å²) < 4.78 is 0.852. The molecule has 4 heteroatoms. The van der Waals surface area contributed by atoms with Crippen LogP contribution in [0.2, 0.25) is 0 Å². The smallest absolute Gasteiger partial charge is 0.101 e. The van der Waals surface area contributed by atoms with Crippen LogP contribution < -0.4 is 5.32 Å². The van der Waals surface area contributed by atoms with Gasteiger partial charge in [0.15, 0.2) is 0 Å². The molecule has 0 aliphatic carbocycles. The van der Waals surface area contributed by atoms with Crippen molar-refractivity contribution in [3.05, 3.63) is 64.1 Å². The highest BCUT2D eigenvalue weighted by atomic mass is 79.9. The van der Waals surface area contributed by atoms with E-state index in [0.717, 1.165) is 10.0 Å². The number of hydrogen-bond acceptors (Lipinski definition) is 3. The van der Waals surface area contributed by atoms with Gasteiger partial charge in [-0.15, -0.1) is 0 Å². The molecule has 2 aromatic rings. The van der Waals surface area contributed by atoms with E-state index in [9.17, 15) is 10.4 Å². The lowest BCUT2D eigenvalue weighted by atomic mass is 9.92. The molecule has 20 heavy (non-hydrogen) atoms. The highest BCUT2D eigenvalue weighted by molar-refractivity contribution is 9.10. The summed E-state index contributed by atoms with van der Waals surface area (Å²) in [6.07, 6.45) is 0.